The first-order chi connectivity index (χ1) is 12.8. The Kier molecular flexibility index (Phi) is 4.56. The first kappa shape index (κ1) is 16.2. The van der Waals surface area contributed by atoms with Gasteiger partial charge in [0.05, 0.1) is 12.6 Å². The fourth-order valence-electron chi connectivity index (χ4n) is 3.13. The number of hydrogen-bond acceptors (Lipinski definition) is 3. The van der Waals surface area contributed by atoms with Crippen molar-refractivity contribution in [1.29, 1.82) is 0 Å². The van der Waals surface area contributed by atoms with E-state index >= 15 is 0 Å². The summed E-state index contributed by atoms with van der Waals surface area (Å²) >= 11 is 0. The van der Waals surface area contributed by atoms with Crippen molar-refractivity contribution in [3.63, 3.8) is 0 Å². The molecule has 0 atom stereocenters. The maximum absolute atomic E-state index is 12.3. The maximum atomic E-state index is 12.3. The molecule has 0 aliphatic carbocycles. The smallest absolute Gasteiger partial charge is 0.407 e. The Morgan fingerprint density at radius 3 is 2.08 bits per heavy atom. The molecule has 0 saturated heterocycles. The molecule has 0 unspecified atom stereocenters. The van der Waals surface area contributed by atoms with Gasteiger partial charge in [-0.3, -0.25) is 0 Å². The molecule has 0 spiro atoms. The zero-order chi connectivity index (χ0) is 17.8. The molecule has 0 bridgehead atoms. The van der Waals surface area contributed by atoms with Crippen molar-refractivity contribution < 1.29 is 14.3 Å². The van der Waals surface area contributed by atoms with Gasteiger partial charge in [-0.15, -0.1) is 0 Å². The summed E-state index contributed by atoms with van der Waals surface area (Å²) in [6.45, 7) is 0.336. The van der Waals surface area contributed by atoms with Crippen LogP contribution >= 0.6 is 0 Å². The van der Waals surface area contributed by atoms with Gasteiger partial charge in [0.25, 0.3) is 0 Å². The molecule has 4 nitrogen and oxygen atoms in total. The number of fused-ring (bicyclic) bond motifs is 2. The molecular formula is C22H19NO3. The summed E-state index contributed by atoms with van der Waals surface area (Å²) in [6.07, 6.45) is 0.257. The Balaban J connectivity index is 1.46. The van der Waals surface area contributed by atoms with Crippen LogP contribution in [0, 0.1) is 0 Å². The molecule has 1 amide bonds. The Hall–Kier alpha value is -3.27. The summed E-state index contributed by atoms with van der Waals surface area (Å²) in [5.41, 5.74) is 2.99. The number of nitrogens with one attached hydrogen (secondary N) is 1. The summed E-state index contributed by atoms with van der Waals surface area (Å²) in [5, 5.41) is 2.98. The molecule has 1 aliphatic heterocycles. The van der Waals surface area contributed by atoms with Gasteiger partial charge in [-0.1, -0.05) is 66.7 Å². The third-order valence-corrected chi connectivity index (χ3v) is 4.41. The van der Waals surface area contributed by atoms with E-state index in [-0.39, 0.29) is 6.04 Å². The van der Waals surface area contributed by atoms with Gasteiger partial charge in [0, 0.05) is 17.5 Å². The molecule has 3 aromatic carbocycles. The fourth-order valence-corrected chi connectivity index (χ4v) is 3.13. The SMILES string of the molecule is O=C(NC1c2ccccc2Oc2ccccc21)OCCc1ccccc1. The average Bonchev–Trinajstić information content (AvgIpc) is 2.68. The molecule has 4 rings (SSSR count). The minimum atomic E-state index is -0.433. The molecule has 1 heterocycles. The number of carbonyl (C=O) groups is 1. The van der Waals surface area contributed by atoms with Crippen LogP contribution < -0.4 is 10.1 Å². The summed E-state index contributed by atoms with van der Waals surface area (Å²) in [5.74, 6) is 1.50. The van der Waals surface area contributed by atoms with Crippen LogP contribution in [0.3, 0.4) is 0 Å². The highest BCUT2D eigenvalue weighted by Gasteiger charge is 2.28. The van der Waals surface area contributed by atoms with Crippen LogP contribution in [0.15, 0.2) is 78.9 Å². The van der Waals surface area contributed by atoms with Crippen LogP contribution in [0.1, 0.15) is 22.7 Å². The third kappa shape index (κ3) is 3.40. The second-order valence-corrected chi connectivity index (χ2v) is 6.13. The van der Waals surface area contributed by atoms with Gasteiger partial charge in [0.2, 0.25) is 0 Å². The number of alkyl carbamates (subject to hydrolysis) is 1. The molecule has 1 aliphatic rings. The van der Waals surface area contributed by atoms with Gasteiger partial charge in [-0.05, 0) is 17.7 Å². The highest BCUT2D eigenvalue weighted by molar-refractivity contribution is 5.70. The van der Waals surface area contributed by atoms with Crippen molar-refractivity contribution in [3.8, 4) is 11.5 Å². The summed E-state index contributed by atoms with van der Waals surface area (Å²) in [6, 6.07) is 25.1. The first-order valence-electron chi connectivity index (χ1n) is 8.64. The van der Waals surface area contributed by atoms with E-state index in [1.165, 1.54) is 0 Å². The molecule has 0 fully saturated rings. The first-order valence-corrected chi connectivity index (χ1v) is 8.64. The molecule has 1 N–H and O–H groups in total. The lowest BCUT2D eigenvalue weighted by Gasteiger charge is -2.28. The van der Waals surface area contributed by atoms with Crippen molar-refractivity contribution in [2.24, 2.45) is 0 Å². The van der Waals surface area contributed by atoms with Crippen LogP contribution in [0.5, 0.6) is 11.5 Å². The molecule has 0 aromatic heterocycles. The lowest BCUT2D eigenvalue weighted by Crippen LogP contribution is -2.32. The zero-order valence-electron chi connectivity index (χ0n) is 14.2. The molecule has 26 heavy (non-hydrogen) atoms. The topological polar surface area (TPSA) is 47.6 Å². The monoisotopic (exact) mass is 345 g/mol. The largest absolute Gasteiger partial charge is 0.457 e. The van der Waals surface area contributed by atoms with Gasteiger partial charge < -0.3 is 14.8 Å². The molecule has 130 valence electrons. The van der Waals surface area contributed by atoms with Crippen LogP contribution in [0.25, 0.3) is 0 Å². The summed E-state index contributed by atoms with van der Waals surface area (Å²) in [4.78, 5) is 12.3. The number of rotatable bonds is 4. The van der Waals surface area contributed by atoms with Gasteiger partial charge in [0.15, 0.2) is 0 Å². The van der Waals surface area contributed by atoms with Crippen molar-refractivity contribution in [2.75, 3.05) is 6.61 Å². The molecule has 4 heteroatoms. The van der Waals surface area contributed by atoms with Gasteiger partial charge >= 0.3 is 6.09 Å². The van der Waals surface area contributed by atoms with E-state index < -0.39 is 6.09 Å². The van der Waals surface area contributed by atoms with Gasteiger partial charge in [-0.25, -0.2) is 4.79 Å². The summed E-state index contributed by atoms with van der Waals surface area (Å²) in [7, 11) is 0. The van der Waals surface area contributed by atoms with Crippen molar-refractivity contribution in [3.05, 3.63) is 95.6 Å². The van der Waals surface area contributed by atoms with E-state index in [4.69, 9.17) is 9.47 Å². The van der Waals surface area contributed by atoms with Crippen molar-refractivity contribution in [1.82, 2.24) is 5.32 Å². The maximum Gasteiger partial charge on any atom is 0.407 e. The lowest BCUT2D eigenvalue weighted by atomic mass is 9.95. The minimum Gasteiger partial charge on any atom is -0.457 e. The lowest BCUT2D eigenvalue weighted by molar-refractivity contribution is 0.144. The Morgan fingerprint density at radius 1 is 0.846 bits per heavy atom. The average molecular weight is 345 g/mol. The van der Waals surface area contributed by atoms with E-state index in [0.29, 0.717) is 13.0 Å². The molecule has 0 saturated carbocycles. The van der Waals surface area contributed by atoms with Crippen molar-refractivity contribution in [2.45, 2.75) is 12.5 Å². The minimum absolute atomic E-state index is 0.291. The Morgan fingerprint density at radius 2 is 1.42 bits per heavy atom. The molecule has 3 aromatic rings. The zero-order valence-corrected chi connectivity index (χ0v) is 14.2. The second kappa shape index (κ2) is 7.31. The fraction of sp³-hybridized carbons (Fsp3) is 0.136. The summed E-state index contributed by atoms with van der Waals surface area (Å²) < 4.78 is 11.3. The number of benzene rings is 3. The van der Waals surface area contributed by atoms with E-state index in [0.717, 1.165) is 28.2 Å². The van der Waals surface area contributed by atoms with Crippen LogP contribution in [-0.2, 0) is 11.2 Å². The highest BCUT2D eigenvalue weighted by atomic mass is 16.5. The second-order valence-electron chi connectivity index (χ2n) is 6.13. The molecular weight excluding hydrogens is 326 g/mol. The van der Waals surface area contributed by atoms with E-state index in [2.05, 4.69) is 5.32 Å². The van der Waals surface area contributed by atoms with Gasteiger partial charge in [0.1, 0.15) is 11.5 Å². The van der Waals surface area contributed by atoms with Crippen LogP contribution in [0.4, 0.5) is 4.79 Å². The van der Waals surface area contributed by atoms with E-state index in [1.54, 1.807) is 0 Å². The quantitative estimate of drug-likeness (QED) is 0.735. The standard InChI is InChI=1S/C22H19NO3/c24-22(25-15-14-16-8-2-1-3-9-16)23-21-17-10-4-6-12-19(17)26-20-13-7-5-11-18(20)21/h1-13,21H,14-15H2,(H,23,24). The number of amides is 1. The normalized spacial score (nSPS) is 12.5. The Bertz CT molecular complexity index is 863. The van der Waals surface area contributed by atoms with E-state index in [9.17, 15) is 4.79 Å². The number of hydrogen-bond donors (Lipinski definition) is 1. The van der Waals surface area contributed by atoms with Gasteiger partial charge in [-0.2, -0.15) is 0 Å². The number of carbonyl (C=O) groups excluding carboxylic acids is 1. The Labute approximate surface area is 152 Å². The predicted octanol–water partition coefficient (Wildman–Crippen LogP) is 4.85. The van der Waals surface area contributed by atoms with E-state index in [1.807, 2.05) is 78.9 Å². The van der Waals surface area contributed by atoms with Crippen molar-refractivity contribution >= 4 is 6.09 Å². The highest BCUT2D eigenvalue weighted by Crippen LogP contribution is 2.42. The molecule has 0 radical (unpaired) electrons. The van der Waals surface area contributed by atoms with Crippen LogP contribution in [-0.4, -0.2) is 12.7 Å². The number of ether oxygens (including phenoxy) is 2. The third-order valence-electron chi connectivity index (χ3n) is 4.41. The predicted molar refractivity (Wildman–Crippen MR) is 99.4 cm³/mol. The number of para-hydroxylation sites is 2. The van der Waals surface area contributed by atoms with Crippen LogP contribution in [0.2, 0.25) is 0 Å².